The Morgan fingerprint density at radius 3 is 0.667 bits per heavy atom. The number of rotatable bonds is 3. The second-order valence-electron chi connectivity index (χ2n) is 9.75. The van der Waals surface area contributed by atoms with E-state index in [4.69, 9.17) is 5.11 Å². The van der Waals surface area contributed by atoms with Gasteiger partial charge in [0.15, 0.2) is 0 Å². The molecule has 0 aliphatic carbocycles. The number of hydrogen-bond acceptors (Lipinski definition) is 1. The monoisotopic (exact) mass is 611 g/mol. The molecular weight excluding hydrogens is 567 g/mol. The van der Waals surface area contributed by atoms with Crippen molar-refractivity contribution in [3.63, 3.8) is 0 Å². The standard InChI is InChI=1S/3C10H13.CH4O.Hf/c3*1-10(2,3)9-7-5-4-6-8-9;1-2;/h3*4-8H,1H2,2-3H3;2H,1H3;/q3*-1;;. The van der Waals surface area contributed by atoms with E-state index in [0.29, 0.717) is 0 Å². The molecule has 0 saturated carbocycles. The van der Waals surface area contributed by atoms with Crippen molar-refractivity contribution in [3.05, 3.63) is 128 Å². The third-order valence-electron chi connectivity index (χ3n) is 4.67. The van der Waals surface area contributed by atoms with E-state index in [9.17, 15) is 0 Å². The minimum atomic E-state index is 0. The zero-order valence-corrected chi connectivity index (χ0v) is 25.3. The SMILES string of the molecule is CO.[CH2-]C(C)(C)c1ccccc1.[CH2-]C(C)(C)c1ccccc1.[CH2-]C(C)(C)c1ccccc1.[Hf]. The minimum absolute atomic E-state index is 0. The van der Waals surface area contributed by atoms with Gasteiger partial charge in [0.1, 0.15) is 0 Å². The van der Waals surface area contributed by atoms with Crippen LogP contribution in [0, 0.1) is 20.8 Å². The van der Waals surface area contributed by atoms with Crippen molar-refractivity contribution < 1.29 is 30.9 Å². The first-order valence-corrected chi connectivity index (χ1v) is 11.0. The maximum absolute atomic E-state index is 7.00. The summed E-state index contributed by atoms with van der Waals surface area (Å²) in [5.74, 6) is 0. The van der Waals surface area contributed by atoms with E-state index >= 15 is 0 Å². The van der Waals surface area contributed by atoms with Gasteiger partial charge in [0.05, 0.1) is 0 Å². The Morgan fingerprint density at radius 2 is 0.576 bits per heavy atom. The molecule has 0 bridgehead atoms. The van der Waals surface area contributed by atoms with Crippen LogP contribution >= 0.6 is 0 Å². The molecular formula is C31H43HfO-3. The van der Waals surface area contributed by atoms with E-state index in [-0.39, 0.29) is 42.1 Å². The Kier molecular flexibility index (Phi) is 16.5. The molecule has 3 rings (SSSR count). The molecule has 0 aliphatic heterocycles. The van der Waals surface area contributed by atoms with Crippen LogP contribution in [-0.2, 0) is 42.1 Å². The van der Waals surface area contributed by atoms with Crippen molar-refractivity contribution >= 4 is 0 Å². The largest absolute Gasteiger partial charge is 0.400 e. The zero-order chi connectivity index (χ0) is 24.8. The van der Waals surface area contributed by atoms with E-state index in [1.807, 2.05) is 54.6 Å². The fourth-order valence-corrected chi connectivity index (χ4v) is 2.67. The number of hydrogen-bond donors (Lipinski definition) is 1. The third kappa shape index (κ3) is 15.1. The van der Waals surface area contributed by atoms with E-state index in [0.717, 1.165) is 7.11 Å². The van der Waals surface area contributed by atoms with Crippen molar-refractivity contribution in [2.75, 3.05) is 7.11 Å². The molecule has 0 aromatic heterocycles. The van der Waals surface area contributed by atoms with Crippen molar-refractivity contribution in [3.8, 4) is 0 Å². The predicted octanol–water partition coefficient (Wildman–Crippen LogP) is 8.00. The van der Waals surface area contributed by atoms with Crippen LogP contribution < -0.4 is 0 Å². The summed E-state index contributed by atoms with van der Waals surface area (Å²) in [5, 5.41) is 7.00. The molecule has 3 aromatic carbocycles. The van der Waals surface area contributed by atoms with Crippen LogP contribution in [0.15, 0.2) is 91.0 Å². The molecule has 1 nitrogen and oxygen atoms in total. The van der Waals surface area contributed by atoms with E-state index in [1.165, 1.54) is 16.7 Å². The molecule has 33 heavy (non-hydrogen) atoms. The summed E-state index contributed by atoms with van der Waals surface area (Å²) in [6, 6.07) is 31.0. The Balaban J connectivity index is 0. The van der Waals surface area contributed by atoms with Crippen molar-refractivity contribution in [1.82, 2.24) is 0 Å². The van der Waals surface area contributed by atoms with E-state index in [1.54, 1.807) is 0 Å². The molecule has 2 heteroatoms. The van der Waals surface area contributed by atoms with Gasteiger partial charge in [0, 0.05) is 33.0 Å². The maximum Gasteiger partial charge on any atom is 0.0319 e. The summed E-state index contributed by atoms with van der Waals surface area (Å²) in [4.78, 5) is 0. The summed E-state index contributed by atoms with van der Waals surface area (Å²) in [6.45, 7) is 24.8. The van der Waals surface area contributed by atoms with Crippen LogP contribution in [0.1, 0.15) is 58.2 Å². The molecule has 1 N–H and O–H groups in total. The van der Waals surface area contributed by atoms with Gasteiger partial charge >= 0.3 is 0 Å². The van der Waals surface area contributed by atoms with Crippen molar-refractivity contribution in [2.24, 2.45) is 0 Å². The summed E-state index contributed by atoms with van der Waals surface area (Å²) in [6.07, 6.45) is 0. The van der Waals surface area contributed by atoms with Gasteiger partial charge in [-0.25, -0.2) is 0 Å². The first kappa shape index (κ1) is 33.7. The minimum Gasteiger partial charge on any atom is -0.400 e. The summed E-state index contributed by atoms with van der Waals surface area (Å²) in [7, 11) is 1.00. The smallest absolute Gasteiger partial charge is 0.0319 e. The second kappa shape index (κ2) is 16.2. The Bertz CT molecular complexity index is 704. The predicted molar refractivity (Wildman–Crippen MR) is 143 cm³/mol. The van der Waals surface area contributed by atoms with Gasteiger partial charge in [-0.15, -0.1) is 16.2 Å². The fourth-order valence-electron chi connectivity index (χ4n) is 2.67. The normalized spacial score (nSPS) is 10.6. The molecule has 0 spiro atoms. The average Bonchev–Trinajstić information content (AvgIpc) is 2.76. The summed E-state index contributed by atoms with van der Waals surface area (Å²) in [5.41, 5.74) is 3.99. The Labute approximate surface area is 223 Å². The van der Waals surface area contributed by atoms with Gasteiger partial charge in [-0.3, -0.25) is 0 Å². The third-order valence-corrected chi connectivity index (χ3v) is 4.67. The zero-order valence-electron chi connectivity index (χ0n) is 21.7. The maximum atomic E-state index is 7.00. The van der Waals surface area contributed by atoms with Crippen molar-refractivity contribution in [1.29, 1.82) is 0 Å². The molecule has 0 heterocycles. The quantitative estimate of drug-likeness (QED) is 0.236. The summed E-state index contributed by atoms with van der Waals surface area (Å²) < 4.78 is 0. The van der Waals surface area contributed by atoms with E-state index in [2.05, 4.69) is 98.7 Å². The Morgan fingerprint density at radius 1 is 0.424 bits per heavy atom. The molecule has 0 saturated heterocycles. The molecule has 0 radical (unpaired) electrons. The van der Waals surface area contributed by atoms with Gasteiger partial charge in [0.25, 0.3) is 0 Å². The van der Waals surface area contributed by atoms with Crippen LogP contribution in [0.25, 0.3) is 0 Å². The molecule has 0 atom stereocenters. The van der Waals surface area contributed by atoms with Crippen LogP contribution in [-0.4, -0.2) is 12.2 Å². The van der Waals surface area contributed by atoms with E-state index < -0.39 is 0 Å². The topological polar surface area (TPSA) is 20.2 Å². The molecule has 0 amide bonds. The second-order valence-corrected chi connectivity index (χ2v) is 9.75. The Hall–Kier alpha value is -1.51. The fraction of sp³-hybridized carbons (Fsp3) is 0.323. The van der Waals surface area contributed by atoms with Gasteiger partial charge in [-0.2, -0.15) is 0 Å². The number of benzene rings is 3. The number of aliphatic hydroxyl groups excluding tert-OH is 1. The molecule has 3 aromatic rings. The molecule has 0 aliphatic rings. The van der Waals surface area contributed by atoms with Gasteiger partial charge in [-0.1, -0.05) is 149 Å². The van der Waals surface area contributed by atoms with Crippen LogP contribution in [0.3, 0.4) is 0 Å². The van der Waals surface area contributed by atoms with Crippen LogP contribution in [0.5, 0.6) is 0 Å². The average molecular weight is 610 g/mol. The van der Waals surface area contributed by atoms with Crippen molar-refractivity contribution in [2.45, 2.75) is 57.8 Å². The van der Waals surface area contributed by atoms with Crippen LogP contribution in [0.4, 0.5) is 0 Å². The van der Waals surface area contributed by atoms with Gasteiger partial charge < -0.3 is 25.9 Å². The first-order chi connectivity index (χ1) is 14.8. The van der Waals surface area contributed by atoms with Gasteiger partial charge in [0.2, 0.25) is 0 Å². The summed E-state index contributed by atoms with van der Waals surface area (Å²) >= 11 is 0. The number of aliphatic hydroxyl groups is 1. The molecule has 180 valence electrons. The molecule has 0 unspecified atom stereocenters. The van der Waals surface area contributed by atoms with Crippen LogP contribution in [0.2, 0.25) is 0 Å². The first-order valence-electron chi connectivity index (χ1n) is 11.0. The molecule has 0 fully saturated rings. The van der Waals surface area contributed by atoms with Gasteiger partial charge in [-0.05, 0) is 0 Å².